The molecule has 0 fully saturated rings. The van der Waals surface area contributed by atoms with E-state index in [9.17, 15) is 19.3 Å². The maximum absolute atomic E-state index is 13.3. The summed E-state index contributed by atoms with van der Waals surface area (Å²) in [6.07, 6.45) is 1.20. The van der Waals surface area contributed by atoms with Crippen molar-refractivity contribution in [3.63, 3.8) is 0 Å². The van der Waals surface area contributed by atoms with Crippen LogP contribution in [0, 0.1) is 15.9 Å². The minimum absolute atomic E-state index is 0.0984. The summed E-state index contributed by atoms with van der Waals surface area (Å²) < 4.78 is 14.6. The van der Waals surface area contributed by atoms with Gasteiger partial charge in [-0.05, 0) is 6.07 Å². The smallest absolute Gasteiger partial charge is 0.295 e. The van der Waals surface area contributed by atoms with Gasteiger partial charge in [-0.25, -0.2) is 9.07 Å². The third kappa shape index (κ3) is 2.39. The van der Waals surface area contributed by atoms with Crippen LogP contribution < -0.4 is 11.1 Å². The monoisotopic (exact) mass is 280 g/mol. The van der Waals surface area contributed by atoms with Gasteiger partial charge in [0.2, 0.25) is 5.95 Å². The van der Waals surface area contributed by atoms with Crippen LogP contribution in [0.1, 0.15) is 10.4 Å². The highest BCUT2D eigenvalue weighted by Gasteiger charge is 2.22. The number of nitro benzene ring substituents is 1. The summed E-state index contributed by atoms with van der Waals surface area (Å²) in [6.45, 7) is 0. The molecule has 20 heavy (non-hydrogen) atoms. The zero-order valence-corrected chi connectivity index (χ0v) is 10.2. The van der Waals surface area contributed by atoms with E-state index in [-0.39, 0.29) is 11.5 Å². The number of hydrogen-bond acceptors (Lipinski definition) is 6. The number of carbonyl (C=O) groups excluding carboxylic acids is 1. The van der Waals surface area contributed by atoms with E-state index < -0.39 is 28.0 Å². The number of rotatable bonds is 3. The highest BCUT2D eigenvalue weighted by atomic mass is 19.1. The van der Waals surface area contributed by atoms with Crippen LogP contribution in [0.2, 0.25) is 0 Å². The second-order valence-corrected chi connectivity index (χ2v) is 3.80. The lowest BCUT2D eigenvalue weighted by Gasteiger charge is -2.07. The molecular formula is C10H9FN6O3. The maximum Gasteiger partial charge on any atom is 0.295 e. The number of nitrogens with two attached hydrogens (primary N) is 1. The van der Waals surface area contributed by atoms with Crippen molar-refractivity contribution in [1.29, 1.82) is 0 Å². The van der Waals surface area contributed by atoms with Crippen LogP contribution in [0.3, 0.4) is 0 Å². The van der Waals surface area contributed by atoms with E-state index >= 15 is 0 Å². The molecular weight excluding hydrogens is 271 g/mol. The van der Waals surface area contributed by atoms with Gasteiger partial charge in [0.25, 0.3) is 11.6 Å². The molecule has 1 heterocycles. The summed E-state index contributed by atoms with van der Waals surface area (Å²) in [5, 5.41) is 16.8. The number of carbonyl (C=O) groups is 1. The molecule has 0 unspecified atom stereocenters. The van der Waals surface area contributed by atoms with Gasteiger partial charge in [0, 0.05) is 7.05 Å². The fourth-order valence-corrected chi connectivity index (χ4v) is 1.52. The first kappa shape index (κ1) is 13.4. The van der Waals surface area contributed by atoms with Crippen LogP contribution in [0.5, 0.6) is 0 Å². The molecule has 1 aromatic carbocycles. The SMILES string of the molecule is Cn1ncnc1NC(=O)c1cc(F)cc([N+](=O)[O-])c1N. The minimum Gasteiger partial charge on any atom is -0.393 e. The number of nitrogens with zero attached hydrogens (tertiary/aromatic N) is 4. The number of hydrogen-bond donors (Lipinski definition) is 2. The normalized spacial score (nSPS) is 10.3. The van der Waals surface area contributed by atoms with Crippen LogP contribution in [0.4, 0.5) is 21.7 Å². The van der Waals surface area contributed by atoms with E-state index in [1.807, 2.05) is 0 Å². The zero-order chi connectivity index (χ0) is 14.9. The second-order valence-electron chi connectivity index (χ2n) is 3.80. The molecule has 2 rings (SSSR count). The van der Waals surface area contributed by atoms with Crippen molar-refractivity contribution in [1.82, 2.24) is 14.8 Å². The number of aryl methyl sites for hydroxylation is 1. The van der Waals surface area contributed by atoms with E-state index in [1.54, 1.807) is 0 Å². The summed E-state index contributed by atoms with van der Waals surface area (Å²) in [6, 6.07) is 1.46. The Morgan fingerprint density at radius 1 is 1.55 bits per heavy atom. The predicted molar refractivity (Wildman–Crippen MR) is 66.4 cm³/mol. The summed E-state index contributed by atoms with van der Waals surface area (Å²) in [5.41, 5.74) is 4.07. The Kier molecular flexibility index (Phi) is 3.29. The predicted octanol–water partition coefficient (Wildman–Crippen LogP) is 0.697. The molecule has 1 aromatic heterocycles. The van der Waals surface area contributed by atoms with Crippen molar-refractivity contribution in [2.45, 2.75) is 0 Å². The lowest BCUT2D eigenvalue weighted by molar-refractivity contribution is -0.384. The molecule has 0 atom stereocenters. The summed E-state index contributed by atoms with van der Waals surface area (Å²) in [4.78, 5) is 25.6. The Morgan fingerprint density at radius 3 is 2.80 bits per heavy atom. The second kappa shape index (κ2) is 4.91. The molecule has 3 N–H and O–H groups in total. The molecule has 2 aromatic rings. The lowest BCUT2D eigenvalue weighted by atomic mass is 10.1. The zero-order valence-electron chi connectivity index (χ0n) is 10.2. The Labute approximate surface area is 111 Å². The van der Waals surface area contributed by atoms with E-state index in [2.05, 4.69) is 15.4 Å². The molecule has 0 aliphatic rings. The van der Waals surface area contributed by atoms with Crippen LogP contribution in [-0.2, 0) is 7.05 Å². The van der Waals surface area contributed by atoms with Gasteiger partial charge in [0.15, 0.2) is 0 Å². The number of amides is 1. The van der Waals surface area contributed by atoms with Gasteiger partial charge < -0.3 is 5.73 Å². The molecule has 1 amide bonds. The fourth-order valence-electron chi connectivity index (χ4n) is 1.52. The summed E-state index contributed by atoms with van der Waals surface area (Å²) in [5.74, 6) is -1.66. The molecule has 10 heteroatoms. The van der Waals surface area contributed by atoms with Crippen molar-refractivity contribution in [2.24, 2.45) is 7.05 Å². The minimum atomic E-state index is -0.936. The average molecular weight is 280 g/mol. The lowest BCUT2D eigenvalue weighted by Crippen LogP contribution is -2.18. The number of halogens is 1. The van der Waals surface area contributed by atoms with Crippen LogP contribution in [0.15, 0.2) is 18.5 Å². The van der Waals surface area contributed by atoms with Crippen molar-refractivity contribution >= 4 is 23.2 Å². The van der Waals surface area contributed by atoms with Crippen molar-refractivity contribution in [3.8, 4) is 0 Å². The third-order valence-corrected chi connectivity index (χ3v) is 2.50. The van der Waals surface area contributed by atoms with E-state index in [0.717, 1.165) is 6.07 Å². The molecule has 0 saturated heterocycles. The molecule has 0 aliphatic heterocycles. The summed E-state index contributed by atoms with van der Waals surface area (Å²) >= 11 is 0. The summed E-state index contributed by atoms with van der Waals surface area (Å²) in [7, 11) is 1.53. The first-order valence-corrected chi connectivity index (χ1v) is 5.29. The Bertz CT molecular complexity index is 698. The molecule has 0 saturated carbocycles. The average Bonchev–Trinajstić information content (AvgIpc) is 2.77. The number of nitrogen functional groups attached to an aromatic ring is 1. The largest absolute Gasteiger partial charge is 0.393 e. The van der Waals surface area contributed by atoms with Gasteiger partial charge in [0.1, 0.15) is 17.8 Å². The number of nitrogens with one attached hydrogen (secondary N) is 1. The first-order chi connectivity index (χ1) is 9.40. The fraction of sp³-hybridized carbons (Fsp3) is 0.100. The van der Waals surface area contributed by atoms with E-state index in [1.165, 1.54) is 18.1 Å². The van der Waals surface area contributed by atoms with E-state index in [0.29, 0.717) is 6.07 Å². The number of nitro groups is 1. The van der Waals surface area contributed by atoms with Crippen LogP contribution >= 0.6 is 0 Å². The highest BCUT2D eigenvalue weighted by Crippen LogP contribution is 2.27. The van der Waals surface area contributed by atoms with Gasteiger partial charge in [0.05, 0.1) is 16.6 Å². The molecule has 0 radical (unpaired) electrons. The first-order valence-electron chi connectivity index (χ1n) is 5.29. The molecule has 0 bridgehead atoms. The van der Waals surface area contributed by atoms with Crippen LogP contribution in [-0.4, -0.2) is 25.6 Å². The molecule has 9 nitrogen and oxygen atoms in total. The topological polar surface area (TPSA) is 129 Å². The molecule has 104 valence electrons. The Balaban J connectivity index is 2.40. The van der Waals surface area contributed by atoms with Gasteiger partial charge in [-0.3, -0.25) is 20.2 Å². The quantitative estimate of drug-likeness (QED) is 0.483. The van der Waals surface area contributed by atoms with Gasteiger partial charge in [-0.2, -0.15) is 10.1 Å². The van der Waals surface area contributed by atoms with Crippen LogP contribution in [0.25, 0.3) is 0 Å². The standard InChI is InChI=1S/C10H9FN6O3/c1-16-10(13-4-14-16)15-9(18)6-2-5(11)3-7(8(6)12)17(19)20/h2-4H,12H2,1H3,(H,13,14,15,18). The number of aromatic nitrogens is 3. The van der Waals surface area contributed by atoms with E-state index in [4.69, 9.17) is 5.73 Å². The number of benzene rings is 1. The highest BCUT2D eigenvalue weighted by molar-refractivity contribution is 6.08. The van der Waals surface area contributed by atoms with Crippen molar-refractivity contribution < 1.29 is 14.1 Å². The van der Waals surface area contributed by atoms with Gasteiger partial charge >= 0.3 is 0 Å². The van der Waals surface area contributed by atoms with Gasteiger partial charge in [-0.1, -0.05) is 0 Å². The Morgan fingerprint density at radius 2 is 2.25 bits per heavy atom. The third-order valence-electron chi connectivity index (χ3n) is 2.50. The Hall–Kier alpha value is -3.04. The van der Waals surface area contributed by atoms with Crippen molar-refractivity contribution in [3.05, 3.63) is 40.0 Å². The van der Waals surface area contributed by atoms with Gasteiger partial charge in [-0.15, -0.1) is 0 Å². The van der Waals surface area contributed by atoms with Crippen molar-refractivity contribution in [2.75, 3.05) is 11.1 Å². The molecule has 0 aliphatic carbocycles. The number of anilines is 2. The molecule has 0 spiro atoms. The maximum atomic E-state index is 13.3.